The summed E-state index contributed by atoms with van der Waals surface area (Å²) in [6.07, 6.45) is 4.97. The van der Waals surface area contributed by atoms with Crippen LogP contribution >= 0.6 is 0 Å². The minimum atomic E-state index is -0.00805. The van der Waals surface area contributed by atoms with Crippen LogP contribution in [0.2, 0.25) is 0 Å². The van der Waals surface area contributed by atoms with Crippen LogP contribution in [0.3, 0.4) is 0 Å². The van der Waals surface area contributed by atoms with E-state index in [1.165, 1.54) is 12.8 Å². The van der Waals surface area contributed by atoms with Crippen molar-refractivity contribution in [3.8, 4) is 11.5 Å². The zero-order valence-electron chi connectivity index (χ0n) is 11.9. The molecule has 19 heavy (non-hydrogen) atoms. The fourth-order valence-electron chi connectivity index (χ4n) is 2.44. The lowest BCUT2D eigenvalue weighted by atomic mass is 10.0. The van der Waals surface area contributed by atoms with Crippen molar-refractivity contribution < 1.29 is 14.3 Å². The molecule has 3 heteroatoms. The van der Waals surface area contributed by atoms with Crippen LogP contribution in [0.25, 0.3) is 0 Å². The topological polar surface area (TPSA) is 35.5 Å². The highest BCUT2D eigenvalue weighted by atomic mass is 16.5. The molecule has 3 nitrogen and oxygen atoms in total. The predicted molar refractivity (Wildman–Crippen MR) is 75.0 cm³/mol. The summed E-state index contributed by atoms with van der Waals surface area (Å²) in [5.41, 5.74) is 0.686. The molecule has 0 saturated heterocycles. The van der Waals surface area contributed by atoms with E-state index >= 15 is 0 Å². The van der Waals surface area contributed by atoms with Gasteiger partial charge in [-0.15, -0.1) is 0 Å². The monoisotopic (exact) mass is 262 g/mol. The molecule has 0 aliphatic heterocycles. The molecule has 1 aliphatic rings. The van der Waals surface area contributed by atoms with Crippen LogP contribution < -0.4 is 9.47 Å². The summed E-state index contributed by atoms with van der Waals surface area (Å²) in [6, 6.07) is 5.47. The van der Waals surface area contributed by atoms with Gasteiger partial charge in [0.05, 0.1) is 13.2 Å². The standard InChI is InChI=1S/C16H22O3/c1-11(2)16(17)12-8-9-14(15(10-12)18-3)19-13-6-4-5-7-13/h8-11,13H,4-7H2,1-3H3. The molecule has 0 aromatic heterocycles. The second kappa shape index (κ2) is 6.09. The van der Waals surface area contributed by atoms with E-state index in [0.717, 1.165) is 18.6 Å². The van der Waals surface area contributed by atoms with E-state index in [1.54, 1.807) is 13.2 Å². The quantitative estimate of drug-likeness (QED) is 0.756. The van der Waals surface area contributed by atoms with E-state index < -0.39 is 0 Å². The van der Waals surface area contributed by atoms with Crippen molar-refractivity contribution in [2.75, 3.05) is 7.11 Å². The lowest BCUT2D eigenvalue weighted by molar-refractivity contribution is 0.0939. The fraction of sp³-hybridized carbons (Fsp3) is 0.562. The molecular weight excluding hydrogens is 240 g/mol. The molecule has 104 valence electrons. The van der Waals surface area contributed by atoms with Gasteiger partial charge in [0.1, 0.15) is 0 Å². The number of carbonyl (C=O) groups is 1. The third kappa shape index (κ3) is 3.28. The van der Waals surface area contributed by atoms with Gasteiger partial charge >= 0.3 is 0 Å². The molecule has 0 amide bonds. The number of rotatable bonds is 5. The maximum atomic E-state index is 12.0. The Morgan fingerprint density at radius 1 is 1.21 bits per heavy atom. The van der Waals surface area contributed by atoms with Gasteiger partial charge in [-0.2, -0.15) is 0 Å². The van der Waals surface area contributed by atoms with Gasteiger partial charge in [-0.1, -0.05) is 13.8 Å². The van der Waals surface area contributed by atoms with Crippen molar-refractivity contribution in [1.29, 1.82) is 0 Å². The Morgan fingerprint density at radius 3 is 2.47 bits per heavy atom. The molecular formula is C16H22O3. The lowest BCUT2D eigenvalue weighted by Crippen LogP contribution is -2.12. The summed E-state index contributed by atoms with van der Waals surface area (Å²) >= 11 is 0. The molecule has 0 unspecified atom stereocenters. The molecule has 0 heterocycles. The zero-order chi connectivity index (χ0) is 13.8. The number of methoxy groups -OCH3 is 1. The number of ketones is 1. The van der Waals surface area contributed by atoms with E-state index in [2.05, 4.69) is 0 Å². The third-order valence-corrected chi connectivity index (χ3v) is 3.57. The Morgan fingerprint density at radius 2 is 1.89 bits per heavy atom. The smallest absolute Gasteiger partial charge is 0.165 e. The van der Waals surface area contributed by atoms with Crippen LogP contribution in [0.4, 0.5) is 0 Å². The van der Waals surface area contributed by atoms with Crippen molar-refractivity contribution in [3.63, 3.8) is 0 Å². The summed E-state index contributed by atoms with van der Waals surface area (Å²) < 4.78 is 11.3. The van der Waals surface area contributed by atoms with Crippen molar-refractivity contribution in [3.05, 3.63) is 23.8 Å². The molecule has 0 radical (unpaired) electrons. The van der Waals surface area contributed by atoms with Gasteiger partial charge in [0.2, 0.25) is 0 Å². The van der Waals surface area contributed by atoms with Crippen LogP contribution in [0.5, 0.6) is 11.5 Å². The lowest BCUT2D eigenvalue weighted by Gasteiger charge is -2.16. The number of ether oxygens (including phenoxy) is 2. The minimum absolute atomic E-state index is 0.00805. The Kier molecular flexibility index (Phi) is 4.46. The zero-order valence-corrected chi connectivity index (χ0v) is 11.9. The first-order valence-corrected chi connectivity index (χ1v) is 7.00. The third-order valence-electron chi connectivity index (χ3n) is 3.57. The van der Waals surface area contributed by atoms with Crippen molar-refractivity contribution in [2.24, 2.45) is 5.92 Å². The van der Waals surface area contributed by atoms with Gasteiger partial charge in [0.25, 0.3) is 0 Å². The summed E-state index contributed by atoms with van der Waals surface area (Å²) in [6.45, 7) is 3.80. The van der Waals surface area contributed by atoms with E-state index in [9.17, 15) is 4.79 Å². The van der Waals surface area contributed by atoms with Gasteiger partial charge in [0, 0.05) is 11.5 Å². The van der Waals surface area contributed by atoms with Gasteiger partial charge in [-0.3, -0.25) is 4.79 Å². The molecule has 0 bridgehead atoms. The normalized spacial score (nSPS) is 15.8. The fourth-order valence-corrected chi connectivity index (χ4v) is 2.44. The average molecular weight is 262 g/mol. The highest BCUT2D eigenvalue weighted by molar-refractivity contribution is 5.98. The van der Waals surface area contributed by atoms with Crippen LogP contribution in [-0.4, -0.2) is 19.0 Å². The van der Waals surface area contributed by atoms with Crippen molar-refractivity contribution in [2.45, 2.75) is 45.6 Å². The second-order valence-corrected chi connectivity index (χ2v) is 5.41. The van der Waals surface area contributed by atoms with E-state index in [-0.39, 0.29) is 11.7 Å². The van der Waals surface area contributed by atoms with E-state index in [0.29, 0.717) is 17.4 Å². The minimum Gasteiger partial charge on any atom is -0.493 e. The summed E-state index contributed by atoms with van der Waals surface area (Å²) in [5, 5.41) is 0. The summed E-state index contributed by atoms with van der Waals surface area (Å²) in [7, 11) is 1.61. The van der Waals surface area contributed by atoms with Gasteiger partial charge in [0.15, 0.2) is 17.3 Å². The molecule has 1 fully saturated rings. The van der Waals surface area contributed by atoms with Crippen molar-refractivity contribution in [1.82, 2.24) is 0 Å². The summed E-state index contributed by atoms with van der Waals surface area (Å²) in [4.78, 5) is 12.0. The summed E-state index contributed by atoms with van der Waals surface area (Å²) in [5.74, 6) is 1.52. The average Bonchev–Trinajstić information content (AvgIpc) is 2.91. The first-order valence-electron chi connectivity index (χ1n) is 7.00. The highest BCUT2D eigenvalue weighted by Gasteiger charge is 2.19. The van der Waals surface area contributed by atoms with Gasteiger partial charge in [-0.25, -0.2) is 0 Å². The number of Topliss-reactive ketones (excluding diaryl/α,β-unsaturated/α-hetero) is 1. The van der Waals surface area contributed by atoms with E-state index in [4.69, 9.17) is 9.47 Å². The molecule has 0 spiro atoms. The SMILES string of the molecule is COc1cc(C(=O)C(C)C)ccc1OC1CCCC1. The Labute approximate surface area is 114 Å². The van der Waals surface area contributed by atoms with E-state index in [1.807, 2.05) is 26.0 Å². The molecule has 0 N–H and O–H groups in total. The Bertz CT molecular complexity index is 445. The van der Waals surface area contributed by atoms with Crippen LogP contribution in [0.1, 0.15) is 49.9 Å². The first kappa shape index (κ1) is 13.9. The number of hydrogen-bond acceptors (Lipinski definition) is 3. The first-order chi connectivity index (χ1) is 9.11. The molecule has 0 atom stereocenters. The number of benzene rings is 1. The van der Waals surface area contributed by atoms with Crippen LogP contribution in [-0.2, 0) is 0 Å². The molecule has 1 saturated carbocycles. The number of carbonyl (C=O) groups excluding carboxylic acids is 1. The largest absolute Gasteiger partial charge is 0.493 e. The predicted octanol–water partition coefficient (Wildman–Crippen LogP) is 3.86. The second-order valence-electron chi connectivity index (χ2n) is 5.41. The van der Waals surface area contributed by atoms with Crippen LogP contribution in [0.15, 0.2) is 18.2 Å². The maximum absolute atomic E-state index is 12.0. The van der Waals surface area contributed by atoms with Crippen molar-refractivity contribution >= 4 is 5.78 Å². The Balaban J connectivity index is 2.18. The van der Waals surface area contributed by atoms with Gasteiger partial charge in [-0.05, 0) is 43.9 Å². The molecule has 1 aromatic rings. The highest BCUT2D eigenvalue weighted by Crippen LogP contribution is 2.32. The Hall–Kier alpha value is -1.51. The van der Waals surface area contributed by atoms with Crippen LogP contribution in [0, 0.1) is 5.92 Å². The molecule has 2 rings (SSSR count). The maximum Gasteiger partial charge on any atom is 0.165 e. The molecule has 1 aromatic carbocycles. The number of hydrogen-bond donors (Lipinski definition) is 0. The van der Waals surface area contributed by atoms with Gasteiger partial charge < -0.3 is 9.47 Å². The molecule has 1 aliphatic carbocycles.